The molecule has 3 rings (SSSR count). The number of amides is 1. The van der Waals surface area contributed by atoms with E-state index >= 15 is 0 Å². The van der Waals surface area contributed by atoms with Crippen molar-refractivity contribution in [2.24, 2.45) is 0 Å². The summed E-state index contributed by atoms with van der Waals surface area (Å²) in [7, 11) is 0. The second-order valence-corrected chi connectivity index (χ2v) is 7.71. The summed E-state index contributed by atoms with van der Waals surface area (Å²) in [5, 5.41) is 0.473. The number of nitrogens with zero attached hydrogens (tertiary/aromatic N) is 2. The quantitative estimate of drug-likeness (QED) is 0.470. The Bertz CT molecular complexity index is 1070. The fourth-order valence-electron chi connectivity index (χ4n) is 3.03. The van der Waals surface area contributed by atoms with Gasteiger partial charge in [0.1, 0.15) is 5.01 Å². The highest BCUT2D eigenvalue weighted by Crippen LogP contribution is 2.29. The lowest BCUT2D eigenvalue weighted by Crippen LogP contribution is -2.30. The van der Waals surface area contributed by atoms with Gasteiger partial charge >= 0.3 is 5.97 Å². The van der Waals surface area contributed by atoms with E-state index in [1.54, 1.807) is 13.0 Å². The second kappa shape index (κ2) is 9.75. The maximum atomic E-state index is 14.1. The molecule has 1 amide bonds. The van der Waals surface area contributed by atoms with Crippen LogP contribution in [-0.2, 0) is 27.3 Å². The number of aromatic nitrogens is 1. The van der Waals surface area contributed by atoms with Crippen molar-refractivity contribution in [2.75, 3.05) is 11.5 Å². The Morgan fingerprint density at radius 3 is 2.67 bits per heavy atom. The number of halogens is 2. The van der Waals surface area contributed by atoms with Crippen LogP contribution >= 0.6 is 11.3 Å². The van der Waals surface area contributed by atoms with E-state index in [4.69, 9.17) is 4.74 Å². The Kier molecular flexibility index (Phi) is 7.10. The van der Waals surface area contributed by atoms with Crippen LogP contribution in [0.15, 0.2) is 36.4 Å². The van der Waals surface area contributed by atoms with Gasteiger partial charge in [0.05, 0.1) is 29.8 Å². The largest absolute Gasteiger partial charge is 0.466 e. The molecule has 5 nitrogen and oxygen atoms in total. The van der Waals surface area contributed by atoms with Gasteiger partial charge in [0.2, 0.25) is 5.91 Å². The zero-order valence-electron chi connectivity index (χ0n) is 16.8. The van der Waals surface area contributed by atoms with E-state index in [1.807, 2.05) is 25.1 Å². The highest BCUT2D eigenvalue weighted by Gasteiger charge is 2.21. The van der Waals surface area contributed by atoms with Crippen LogP contribution in [0.25, 0.3) is 10.2 Å². The van der Waals surface area contributed by atoms with Gasteiger partial charge in [-0.05, 0) is 43.2 Å². The van der Waals surface area contributed by atoms with E-state index in [0.29, 0.717) is 16.2 Å². The molecule has 0 saturated heterocycles. The van der Waals surface area contributed by atoms with Gasteiger partial charge in [-0.2, -0.15) is 0 Å². The number of hydrogen-bond acceptors (Lipinski definition) is 5. The third kappa shape index (κ3) is 4.99. The standard InChI is InChI=1S/C22H22F2N2O3S/c1-3-14-6-5-7-15(12-14)26(19(27)10-11-20(28)29-4-2)13-18-25-17-9-8-16(23)21(24)22(17)30-18/h5-9,12H,3-4,10-11,13H2,1-2H3. The van der Waals surface area contributed by atoms with E-state index < -0.39 is 17.6 Å². The van der Waals surface area contributed by atoms with E-state index in [1.165, 1.54) is 11.0 Å². The van der Waals surface area contributed by atoms with Crippen LogP contribution in [-0.4, -0.2) is 23.5 Å². The Morgan fingerprint density at radius 1 is 1.13 bits per heavy atom. The predicted octanol–water partition coefficient (Wildman–Crippen LogP) is 5.01. The first-order valence-electron chi connectivity index (χ1n) is 9.71. The SMILES string of the molecule is CCOC(=O)CCC(=O)N(Cc1nc2ccc(F)c(F)c2s1)c1cccc(CC)c1. The minimum Gasteiger partial charge on any atom is -0.466 e. The summed E-state index contributed by atoms with van der Waals surface area (Å²) in [5.74, 6) is -2.59. The molecule has 8 heteroatoms. The number of esters is 1. The molecule has 3 aromatic rings. The smallest absolute Gasteiger partial charge is 0.306 e. The predicted molar refractivity (Wildman–Crippen MR) is 112 cm³/mol. The molecule has 0 aliphatic rings. The van der Waals surface area contributed by atoms with Gasteiger partial charge in [0, 0.05) is 12.1 Å². The number of thiazole rings is 1. The van der Waals surface area contributed by atoms with Gasteiger partial charge in [-0.25, -0.2) is 13.8 Å². The van der Waals surface area contributed by atoms with Gasteiger partial charge in [-0.3, -0.25) is 9.59 Å². The summed E-state index contributed by atoms with van der Waals surface area (Å²) in [6.45, 7) is 4.06. The second-order valence-electron chi connectivity index (χ2n) is 6.63. The van der Waals surface area contributed by atoms with Crippen molar-refractivity contribution in [2.45, 2.75) is 39.7 Å². The van der Waals surface area contributed by atoms with Crippen LogP contribution < -0.4 is 4.90 Å². The van der Waals surface area contributed by atoms with E-state index in [0.717, 1.165) is 29.4 Å². The summed E-state index contributed by atoms with van der Waals surface area (Å²) in [6.07, 6.45) is 0.740. The van der Waals surface area contributed by atoms with Crippen molar-refractivity contribution in [3.63, 3.8) is 0 Å². The number of carbonyl (C=O) groups is 2. The van der Waals surface area contributed by atoms with Crippen LogP contribution in [0.2, 0.25) is 0 Å². The zero-order chi connectivity index (χ0) is 21.7. The zero-order valence-corrected chi connectivity index (χ0v) is 17.6. The number of rotatable bonds is 8. The minimum absolute atomic E-state index is 0.0247. The maximum Gasteiger partial charge on any atom is 0.306 e. The van der Waals surface area contributed by atoms with Gasteiger partial charge in [0.15, 0.2) is 11.6 Å². The monoisotopic (exact) mass is 432 g/mol. The van der Waals surface area contributed by atoms with Crippen LogP contribution in [0.5, 0.6) is 0 Å². The molecule has 0 spiro atoms. The van der Waals surface area contributed by atoms with Gasteiger partial charge in [0.25, 0.3) is 0 Å². The molecule has 0 radical (unpaired) electrons. The first-order chi connectivity index (χ1) is 14.4. The Hall–Kier alpha value is -2.87. The van der Waals surface area contributed by atoms with Crippen molar-refractivity contribution in [3.05, 3.63) is 58.6 Å². The molecule has 30 heavy (non-hydrogen) atoms. The lowest BCUT2D eigenvalue weighted by atomic mass is 10.1. The number of aryl methyl sites for hydroxylation is 1. The lowest BCUT2D eigenvalue weighted by molar-refractivity contribution is -0.144. The summed E-state index contributed by atoms with van der Waals surface area (Å²) >= 11 is 1.01. The minimum atomic E-state index is -0.940. The van der Waals surface area contributed by atoms with E-state index in [9.17, 15) is 18.4 Å². The van der Waals surface area contributed by atoms with Crippen LogP contribution in [0, 0.1) is 11.6 Å². The molecule has 0 unspecified atom stereocenters. The van der Waals surface area contributed by atoms with Crippen molar-refractivity contribution < 1.29 is 23.1 Å². The lowest BCUT2D eigenvalue weighted by Gasteiger charge is -2.22. The third-order valence-corrected chi connectivity index (χ3v) is 5.62. The number of fused-ring (bicyclic) bond motifs is 1. The van der Waals surface area contributed by atoms with Gasteiger partial charge in [-0.1, -0.05) is 19.1 Å². The fourth-order valence-corrected chi connectivity index (χ4v) is 4.01. The highest BCUT2D eigenvalue weighted by molar-refractivity contribution is 7.18. The molecule has 0 atom stereocenters. The molecule has 0 saturated carbocycles. The summed E-state index contributed by atoms with van der Waals surface area (Å²) in [6, 6.07) is 9.96. The number of ether oxygens (including phenoxy) is 1. The first-order valence-corrected chi connectivity index (χ1v) is 10.5. The Balaban J connectivity index is 1.89. The van der Waals surface area contributed by atoms with Gasteiger partial charge < -0.3 is 9.64 Å². The van der Waals surface area contributed by atoms with Crippen molar-refractivity contribution in [3.8, 4) is 0 Å². The molecule has 0 bridgehead atoms. The van der Waals surface area contributed by atoms with E-state index in [-0.39, 0.29) is 36.6 Å². The molecule has 0 aliphatic carbocycles. The van der Waals surface area contributed by atoms with Crippen LogP contribution in [0.1, 0.15) is 37.3 Å². The van der Waals surface area contributed by atoms with Gasteiger partial charge in [-0.15, -0.1) is 11.3 Å². The normalized spacial score (nSPS) is 10.9. The molecule has 0 fully saturated rings. The Morgan fingerprint density at radius 2 is 1.93 bits per heavy atom. The summed E-state index contributed by atoms with van der Waals surface area (Å²) in [5.41, 5.74) is 2.05. The maximum absolute atomic E-state index is 14.1. The van der Waals surface area contributed by atoms with Crippen LogP contribution in [0.4, 0.5) is 14.5 Å². The molecule has 1 heterocycles. The molecule has 2 aromatic carbocycles. The van der Waals surface area contributed by atoms with Crippen molar-refractivity contribution in [1.82, 2.24) is 4.98 Å². The molecule has 1 aromatic heterocycles. The van der Waals surface area contributed by atoms with E-state index in [2.05, 4.69) is 4.98 Å². The summed E-state index contributed by atoms with van der Waals surface area (Å²) < 4.78 is 32.6. The highest BCUT2D eigenvalue weighted by atomic mass is 32.1. The van der Waals surface area contributed by atoms with Crippen LogP contribution in [0.3, 0.4) is 0 Å². The van der Waals surface area contributed by atoms with Crippen molar-refractivity contribution in [1.29, 1.82) is 0 Å². The summed E-state index contributed by atoms with van der Waals surface area (Å²) in [4.78, 5) is 30.5. The molecular weight excluding hydrogens is 410 g/mol. The number of anilines is 1. The first kappa shape index (κ1) is 21.8. The number of hydrogen-bond donors (Lipinski definition) is 0. The molecule has 0 N–H and O–H groups in total. The Labute approximate surface area is 177 Å². The van der Waals surface area contributed by atoms with Crippen molar-refractivity contribution >= 4 is 39.1 Å². The fraction of sp³-hybridized carbons (Fsp3) is 0.318. The average molecular weight is 432 g/mol. The topological polar surface area (TPSA) is 59.5 Å². The third-order valence-electron chi connectivity index (χ3n) is 4.57. The number of benzene rings is 2. The molecule has 158 valence electrons. The molecule has 0 aliphatic heterocycles. The number of carbonyl (C=O) groups excluding carboxylic acids is 2. The average Bonchev–Trinajstić information content (AvgIpc) is 3.17. The molecular formula is C22H22F2N2O3S.